The highest BCUT2D eigenvalue weighted by Gasteiger charge is 2.26. The van der Waals surface area contributed by atoms with Crippen LogP contribution in [0.4, 0.5) is 0 Å². The molecule has 6 heteroatoms. The number of ketones is 1. The zero-order valence-corrected chi connectivity index (χ0v) is 16.8. The first kappa shape index (κ1) is 20.5. The second kappa shape index (κ2) is 8.84. The van der Waals surface area contributed by atoms with Crippen molar-refractivity contribution in [3.05, 3.63) is 59.2 Å². The van der Waals surface area contributed by atoms with E-state index in [1.165, 1.54) is 20.3 Å². The van der Waals surface area contributed by atoms with E-state index in [9.17, 15) is 15.0 Å². The molecule has 1 heterocycles. The largest absolute Gasteiger partial charge is 0.508 e. The Morgan fingerprint density at radius 2 is 1.79 bits per heavy atom. The molecule has 2 aromatic rings. The molecule has 0 spiro atoms. The zero-order valence-electron chi connectivity index (χ0n) is 16.8. The molecule has 3 rings (SSSR count). The van der Waals surface area contributed by atoms with E-state index in [1.54, 1.807) is 36.4 Å². The third kappa shape index (κ3) is 4.43. The quantitative estimate of drug-likeness (QED) is 0.573. The second-order valence-corrected chi connectivity index (χ2v) is 6.91. The van der Waals surface area contributed by atoms with E-state index in [-0.39, 0.29) is 28.6 Å². The van der Waals surface area contributed by atoms with Gasteiger partial charge in [-0.1, -0.05) is 24.3 Å². The summed E-state index contributed by atoms with van der Waals surface area (Å²) in [6.45, 7) is 1.61. The molecule has 1 aliphatic heterocycles. The molecule has 0 saturated carbocycles. The van der Waals surface area contributed by atoms with Crippen LogP contribution in [0, 0.1) is 0 Å². The van der Waals surface area contributed by atoms with Gasteiger partial charge in [-0.25, -0.2) is 0 Å². The Morgan fingerprint density at radius 3 is 2.38 bits per heavy atom. The summed E-state index contributed by atoms with van der Waals surface area (Å²) in [5.74, 6) is 0.340. The summed E-state index contributed by atoms with van der Waals surface area (Å²) in [5, 5.41) is 20.4. The number of nitrogens with zero attached hydrogens (tertiary/aromatic N) is 1. The van der Waals surface area contributed by atoms with Crippen molar-refractivity contribution >= 4 is 17.4 Å². The Balaban J connectivity index is 2.04. The summed E-state index contributed by atoms with van der Waals surface area (Å²) in [4.78, 5) is 15.1. The number of phenolic OH excluding ortho intramolecular Hbond substituents is 2. The number of benzene rings is 2. The molecular formula is C23H25NO5. The van der Waals surface area contributed by atoms with E-state index >= 15 is 0 Å². The van der Waals surface area contributed by atoms with Gasteiger partial charge in [-0.2, -0.15) is 0 Å². The normalized spacial score (nSPS) is 14.7. The van der Waals surface area contributed by atoms with Crippen LogP contribution in [-0.2, 0) is 0 Å². The predicted molar refractivity (Wildman–Crippen MR) is 113 cm³/mol. The van der Waals surface area contributed by atoms with Crippen LogP contribution in [0.1, 0.15) is 27.9 Å². The third-order valence-electron chi connectivity index (χ3n) is 4.97. The van der Waals surface area contributed by atoms with Crippen LogP contribution in [0.25, 0.3) is 11.6 Å². The molecule has 0 amide bonds. The van der Waals surface area contributed by atoms with Crippen molar-refractivity contribution in [1.29, 1.82) is 0 Å². The minimum Gasteiger partial charge on any atom is -0.508 e. The Kier molecular flexibility index (Phi) is 6.24. The number of ether oxygens (including phenoxy) is 2. The number of hydrogen-bond acceptors (Lipinski definition) is 6. The number of methoxy groups -OCH3 is 2. The van der Waals surface area contributed by atoms with Crippen LogP contribution < -0.4 is 9.47 Å². The summed E-state index contributed by atoms with van der Waals surface area (Å²) >= 11 is 0. The van der Waals surface area contributed by atoms with Gasteiger partial charge in [-0.3, -0.25) is 4.79 Å². The lowest BCUT2D eigenvalue weighted by Crippen LogP contribution is -2.23. The predicted octanol–water partition coefficient (Wildman–Crippen LogP) is 3.73. The number of likely N-dealkylation sites (N-methyl/N-ethyl adjacent to an activating group) is 1. The molecular weight excluding hydrogens is 370 g/mol. The molecule has 0 radical (unpaired) electrons. The number of rotatable bonds is 6. The lowest BCUT2D eigenvalue weighted by molar-refractivity contribution is 0.104. The van der Waals surface area contributed by atoms with Crippen molar-refractivity contribution in [3.63, 3.8) is 0 Å². The monoisotopic (exact) mass is 395 g/mol. The number of carbonyl (C=O) groups excluding carboxylic acids is 1. The van der Waals surface area contributed by atoms with E-state index < -0.39 is 0 Å². The molecule has 0 unspecified atom stereocenters. The van der Waals surface area contributed by atoms with Crippen LogP contribution in [0.3, 0.4) is 0 Å². The number of phenols is 2. The lowest BCUT2D eigenvalue weighted by atomic mass is 9.93. The van der Waals surface area contributed by atoms with Crippen molar-refractivity contribution in [2.24, 2.45) is 0 Å². The first-order valence-corrected chi connectivity index (χ1v) is 9.32. The van der Waals surface area contributed by atoms with Crippen molar-refractivity contribution in [2.75, 3.05) is 34.4 Å². The van der Waals surface area contributed by atoms with E-state index in [0.717, 1.165) is 30.6 Å². The molecule has 0 atom stereocenters. The zero-order chi connectivity index (χ0) is 21.0. The molecule has 0 fully saturated rings. The van der Waals surface area contributed by atoms with Crippen LogP contribution in [0.2, 0.25) is 0 Å². The van der Waals surface area contributed by atoms with E-state index in [4.69, 9.17) is 9.47 Å². The molecule has 0 bridgehead atoms. The molecule has 0 saturated heterocycles. The summed E-state index contributed by atoms with van der Waals surface area (Å²) in [5.41, 5.74) is 2.32. The fraction of sp³-hybridized carbons (Fsp3) is 0.261. The van der Waals surface area contributed by atoms with Crippen LogP contribution >= 0.6 is 0 Å². The smallest absolute Gasteiger partial charge is 0.193 e. The number of hydrogen-bond donors (Lipinski definition) is 2. The Bertz CT molecular complexity index is 960. The maximum Gasteiger partial charge on any atom is 0.193 e. The SMILES string of the molecule is COc1cc(OC)c(C2=CCN(C)CC2)c(O)c1C(=O)/C=C/c1ccc(O)cc1. The van der Waals surface area contributed by atoms with Gasteiger partial charge in [0.15, 0.2) is 5.78 Å². The first-order chi connectivity index (χ1) is 13.9. The average Bonchev–Trinajstić information content (AvgIpc) is 2.73. The van der Waals surface area contributed by atoms with Gasteiger partial charge in [-0.15, -0.1) is 0 Å². The van der Waals surface area contributed by atoms with Gasteiger partial charge in [0.2, 0.25) is 0 Å². The molecule has 6 nitrogen and oxygen atoms in total. The van der Waals surface area contributed by atoms with Gasteiger partial charge in [0.1, 0.15) is 28.6 Å². The highest BCUT2D eigenvalue weighted by atomic mass is 16.5. The lowest BCUT2D eigenvalue weighted by Gasteiger charge is -2.24. The molecule has 0 aromatic heterocycles. The van der Waals surface area contributed by atoms with Crippen molar-refractivity contribution in [2.45, 2.75) is 6.42 Å². The number of carbonyl (C=O) groups is 1. The fourth-order valence-electron chi connectivity index (χ4n) is 3.33. The number of aromatic hydroxyl groups is 2. The summed E-state index contributed by atoms with van der Waals surface area (Å²) in [7, 11) is 5.00. The Morgan fingerprint density at radius 1 is 1.10 bits per heavy atom. The van der Waals surface area contributed by atoms with E-state index in [0.29, 0.717) is 11.3 Å². The van der Waals surface area contributed by atoms with Crippen LogP contribution in [0.5, 0.6) is 23.0 Å². The van der Waals surface area contributed by atoms with Gasteiger partial charge < -0.3 is 24.6 Å². The van der Waals surface area contributed by atoms with Crippen molar-refractivity contribution in [3.8, 4) is 23.0 Å². The topological polar surface area (TPSA) is 79.2 Å². The first-order valence-electron chi connectivity index (χ1n) is 9.32. The highest BCUT2D eigenvalue weighted by molar-refractivity contribution is 6.11. The highest BCUT2D eigenvalue weighted by Crippen LogP contribution is 2.44. The molecule has 2 N–H and O–H groups in total. The van der Waals surface area contributed by atoms with Crippen LogP contribution in [0.15, 0.2) is 42.5 Å². The number of allylic oxidation sites excluding steroid dienone is 1. The van der Waals surface area contributed by atoms with Crippen molar-refractivity contribution < 1.29 is 24.5 Å². The van der Waals surface area contributed by atoms with Crippen LogP contribution in [-0.4, -0.2) is 55.3 Å². The minimum absolute atomic E-state index is 0.0955. The summed E-state index contributed by atoms with van der Waals surface area (Å²) in [6, 6.07) is 8.11. The molecule has 29 heavy (non-hydrogen) atoms. The minimum atomic E-state index is -0.384. The van der Waals surface area contributed by atoms with Gasteiger partial charge in [0.25, 0.3) is 0 Å². The van der Waals surface area contributed by atoms with Gasteiger partial charge >= 0.3 is 0 Å². The third-order valence-corrected chi connectivity index (χ3v) is 4.97. The maximum atomic E-state index is 12.9. The molecule has 1 aliphatic rings. The van der Waals surface area contributed by atoms with Gasteiger partial charge in [-0.05, 0) is 42.8 Å². The standard InChI is InChI=1S/C23H25NO5/c1-24-12-10-16(11-13-24)21-19(28-2)14-20(29-3)22(23(21)27)18(26)9-6-15-4-7-17(25)8-5-15/h4-10,14,25,27H,11-13H2,1-3H3/b9-6+. The maximum absolute atomic E-state index is 12.9. The van der Waals surface area contributed by atoms with Gasteiger partial charge in [0, 0.05) is 19.2 Å². The van der Waals surface area contributed by atoms with E-state index in [2.05, 4.69) is 4.90 Å². The summed E-state index contributed by atoms with van der Waals surface area (Å²) in [6.07, 6.45) is 5.78. The fourth-order valence-corrected chi connectivity index (χ4v) is 3.33. The second-order valence-electron chi connectivity index (χ2n) is 6.91. The van der Waals surface area contributed by atoms with Crippen molar-refractivity contribution in [1.82, 2.24) is 4.90 Å². The Hall–Kier alpha value is -3.25. The van der Waals surface area contributed by atoms with E-state index in [1.807, 2.05) is 13.1 Å². The Labute approximate surface area is 170 Å². The average molecular weight is 395 g/mol. The molecule has 152 valence electrons. The van der Waals surface area contributed by atoms with Gasteiger partial charge in [0.05, 0.1) is 19.8 Å². The molecule has 2 aromatic carbocycles. The molecule has 0 aliphatic carbocycles. The summed E-state index contributed by atoms with van der Waals surface area (Å²) < 4.78 is 10.8.